The lowest BCUT2D eigenvalue weighted by Gasteiger charge is -2.31. The van der Waals surface area contributed by atoms with Gasteiger partial charge in [0.15, 0.2) is 11.9 Å². The van der Waals surface area contributed by atoms with Crippen LogP contribution in [-0.4, -0.2) is 49.2 Å². The molecule has 0 aromatic carbocycles. The fourth-order valence-electron chi connectivity index (χ4n) is 8.20. The summed E-state index contributed by atoms with van der Waals surface area (Å²) in [5.41, 5.74) is 0. The number of hydrogen-bond acceptors (Lipinski definition) is 2. The van der Waals surface area contributed by atoms with Crippen LogP contribution in [-0.2, 0) is 0 Å². The first-order valence-electron chi connectivity index (χ1n) is 17.9. The van der Waals surface area contributed by atoms with Gasteiger partial charge in [-0.3, -0.25) is 9.98 Å². The molecule has 0 saturated heterocycles. The number of rotatable bonds is 8. The molecular weight excluding hydrogens is 492 g/mol. The van der Waals surface area contributed by atoms with Gasteiger partial charge in [0.2, 0.25) is 0 Å². The van der Waals surface area contributed by atoms with Crippen LogP contribution in [0.5, 0.6) is 0 Å². The molecule has 0 heterocycles. The lowest BCUT2D eigenvalue weighted by Crippen LogP contribution is -2.48. The zero-order valence-electron chi connectivity index (χ0n) is 25.7. The van der Waals surface area contributed by atoms with E-state index in [2.05, 4.69) is 21.3 Å². The highest BCUT2D eigenvalue weighted by Gasteiger charge is 2.24. The van der Waals surface area contributed by atoms with E-state index in [0.29, 0.717) is 36.0 Å². The quantitative estimate of drug-likeness (QED) is 0.189. The normalized spacial score (nSPS) is 27.9. The number of aliphatic imine (C=N–C) groups is 2. The van der Waals surface area contributed by atoms with Crippen LogP contribution < -0.4 is 21.3 Å². The van der Waals surface area contributed by atoms with E-state index in [1.807, 2.05) is 0 Å². The van der Waals surface area contributed by atoms with Gasteiger partial charge in [-0.15, -0.1) is 0 Å². The molecule has 6 heteroatoms. The van der Waals surface area contributed by atoms with Crippen LogP contribution in [0.2, 0.25) is 0 Å². The molecule has 4 N–H and O–H groups in total. The molecule has 6 nitrogen and oxygen atoms in total. The second-order valence-corrected chi connectivity index (χ2v) is 14.2. The topological polar surface area (TPSA) is 72.8 Å². The summed E-state index contributed by atoms with van der Waals surface area (Å²) < 4.78 is 0. The van der Waals surface area contributed by atoms with Gasteiger partial charge in [0.05, 0.1) is 0 Å². The molecule has 40 heavy (non-hydrogen) atoms. The van der Waals surface area contributed by atoms with Crippen LogP contribution in [0.4, 0.5) is 0 Å². The van der Waals surface area contributed by atoms with Crippen molar-refractivity contribution in [1.82, 2.24) is 21.3 Å². The number of nitrogens with zero attached hydrogens (tertiary/aromatic N) is 2. The van der Waals surface area contributed by atoms with Gasteiger partial charge in [-0.25, -0.2) is 0 Å². The van der Waals surface area contributed by atoms with E-state index < -0.39 is 0 Å². The van der Waals surface area contributed by atoms with Gasteiger partial charge in [-0.2, -0.15) is 0 Å². The number of nitrogens with one attached hydrogen (secondary N) is 4. The van der Waals surface area contributed by atoms with Crippen LogP contribution in [0.3, 0.4) is 0 Å². The van der Waals surface area contributed by atoms with Gasteiger partial charge < -0.3 is 21.3 Å². The minimum absolute atomic E-state index is 0.615. The molecule has 5 fully saturated rings. The van der Waals surface area contributed by atoms with Crippen molar-refractivity contribution in [2.24, 2.45) is 21.8 Å². The van der Waals surface area contributed by atoms with Crippen molar-refractivity contribution >= 4 is 11.9 Å². The van der Waals surface area contributed by atoms with Crippen LogP contribution in [0.25, 0.3) is 0 Å². The minimum atomic E-state index is 0.615. The van der Waals surface area contributed by atoms with Crippen molar-refractivity contribution in [2.75, 3.05) is 13.1 Å². The van der Waals surface area contributed by atoms with E-state index in [1.165, 1.54) is 154 Å². The molecule has 0 amide bonds. The average molecular weight is 555 g/mol. The monoisotopic (exact) mass is 555 g/mol. The molecule has 0 bridgehead atoms. The van der Waals surface area contributed by atoms with Gasteiger partial charge in [-0.1, -0.05) is 83.5 Å². The molecule has 0 aliphatic heterocycles. The molecule has 0 spiro atoms. The fraction of sp³-hybridized carbons (Fsp3) is 0.941. The number of guanidine groups is 2. The van der Waals surface area contributed by atoms with Crippen LogP contribution >= 0.6 is 0 Å². The maximum Gasteiger partial charge on any atom is 0.191 e. The first-order valence-corrected chi connectivity index (χ1v) is 17.9. The zero-order valence-corrected chi connectivity index (χ0v) is 25.7. The summed E-state index contributed by atoms with van der Waals surface area (Å²) in [6, 6.07) is 2.46. The Bertz CT molecular complexity index is 650. The Morgan fingerprint density at radius 3 is 0.975 bits per heavy atom. The molecule has 0 radical (unpaired) electrons. The van der Waals surface area contributed by atoms with E-state index in [4.69, 9.17) is 9.98 Å². The van der Waals surface area contributed by atoms with Crippen molar-refractivity contribution < 1.29 is 0 Å². The molecule has 2 unspecified atom stereocenters. The van der Waals surface area contributed by atoms with Crippen LogP contribution in [0.1, 0.15) is 154 Å². The van der Waals surface area contributed by atoms with Crippen LogP contribution in [0, 0.1) is 11.8 Å². The standard InChI is InChI=1S/C34H62N6/c1-5-16-29(17-6-1)37-33(38-30-18-7-2-8-19-30)35-25-27-14-13-15-28(24-27)26-36-34(39-31-20-9-3-10-21-31)40-32-22-11-4-12-23-32/h27-32H,1-26H2,(H2,35,37,38)(H2,36,39,40). The highest BCUT2D eigenvalue weighted by atomic mass is 15.2. The van der Waals surface area contributed by atoms with Gasteiger partial charge in [-0.05, 0) is 82.5 Å². The fourth-order valence-corrected chi connectivity index (χ4v) is 8.20. The lowest BCUT2D eigenvalue weighted by molar-refractivity contribution is 0.277. The first kappa shape index (κ1) is 30.0. The van der Waals surface area contributed by atoms with Gasteiger partial charge in [0.25, 0.3) is 0 Å². The summed E-state index contributed by atoms with van der Waals surface area (Å²) in [6.07, 6.45) is 32.3. The number of hydrogen-bond donors (Lipinski definition) is 4. The second kappa shape index (κ2) is 16.9. The predicted octanol–water partition coefficient (Wildman–Crippen LogP) is 7.19. The Hall–Kier alpha value is -1.46. The Morgan fingerprint density at radius 1 is 0.375 bits per heavy atom. The van der Waals surface area contributed by atoms with Crippen molar-refractivity contribution in [3.05, 3.63) is 0 Å². The van der Waals surface area contributed by atoms with E-state index >= 15 is 0 Å². The van der Waals surface area contributed by atoms with Gasteiger partial charge >= 0.3 is 0 Å². The van der Waals surface area contributed by atoms with E-state index in [1.54, 1.807) is 0 Å². The first-order chi connectivity index (χ1) is 19.8. The average Bonchev–Trinajstić information content (AvgIpc) is 3.01. The molecule has 0 aromatic heterocycles. The highest BCUT2D eigenvalue weighted by molar-refractivity contribution is 5.81. The van der Waals surface area contributed by atoms with Gasteiger partial charge in [0.1, 0.15) is 0 Å². The van der Waals surface area contributed by atoms with E-state index in [-0.39, 0.29) is 0 Å². The molecule has 5 saturated carbocycles. The second-order valence-electron chi connectivity index (χ2n) is 14.2. The maximum atomic E-state index is 5.25. The Labute approximate surface area is 246 Å². The third-order valence-corrected chi connectivity index (χ3v) is 10.7. The maximum absolute atomic E-state index is 5.25. The third kappa shape index (κ3) is 10.4. The van der Waals surface area contributed by atoms with Crippen molar-refractivity contribution in [2.45, 2.75) is 178 Å². The molecule has 5 aliphatic rings. The summed E-state index contributed by atoms with van der Waals surface area (Å²) >= 11 is 0. The summed E-state index contributed by atoms with van der Waals surface area (Å²) in [7, 11) is 0. The molecule has 228 valence electrons. The largest absolute Gasteiger partial charge is 0.354 e. The minimum Gasteiger partial charge on any atom is -0.354 e. The Morgan fingerprint density at radius 2 is 0.675 bits per heavy atom. The zero-order chi connectivity index (χ0) is 27.2. The predicted molar refractivity (Wildman–Crippen MR) is 170 cm³/mol. The van der Waals surface area contributed by atoms with Crippen LogP contribution in [0.15, 0.2) is 9.98 Å². The lowest BCUT2D eigenvalue weighted by atomic mass is 9.81. The Kier molecular flexibility index (Phi) is 12.6. The van der Waals surface area contributed by atoms with E-state index in [9.17, 15) is 0 Å². The summed E-state index contributed by atoms with van der Waals surface area (Å²) in [4.78, 5) is 10.5. The third-order valence-electron chi connectivity index (χ3n) is 10.7. The molecule has 5 aliphatic carbocycles. The Balaban J connectivity index is 1.15. The summed E-state index contributed by atoms with van der Waals surface area (Å²) in [5.74, 6) is 3.64. The molecular formula is C34H62N6. The van der Waals surface area contributed by atoms with E-state index in [0.717, 1.165) is 25.0 Å². The SMILES string of the molecule is C1CCC(NC(=NCC2CCCC(CN=C(NC3CCCCC3)NC3CCCCC3)C2)NC2CCCCC2)CC1. The highest BCUT2D eigenvalue weighted by Crippen LogP contribution is 2.30. The summed E-state index contributed by atoms with van der Waals surface area (Å²) in [5, 5.41) is 15.5. The summed E-state index contributed by atoms with van der Waals surface area (Å²) in [6.45, 7) is 1.95. The van der Waals surface area contributed by atoms with Crippen molar-refractivity contribution in [3.63, 3.8) is 0 Å². The molecule has 0 aromatic rings. The smallest absolute Gasteiger partial charge is 0.191 e. The van der Waals surface area contributed by atoms with Crippen molar-refractivity contribution in [1.29, 1.82) is 0 Å². The van der Waals surface area contributed by atoms with Gasteiger partial charge in [0, 0.05) is 37.3 Å². The molecule has 5 rings (SSSR count). The van der Waals surface area contributed by atoms with Crippen molar-refractivity contribution in [3.8, 4) is 0 Å². The molecule has 2 atom stereocenters.